The van der Waals surface area contributed by atoms with Crippen LogP contribution in [0, 0.1) is 6.92 Å². The van der Waals surface area contributed by atoms with Gasteiger partial charge in [0.1, 0.15) is 0 Å². The first-order valence-corrected chi connectivity index (χ1v) is 8.76. The zero-order valence-electron chi connectivity index (χ0n) is 13.6. The minimum absolute atomic E-state index is 0.170. The van der Waals surface area contributed by atoms with Crippen LogP contribution < -0.4 is 5.32 Å². The third-order valence-electron chi connectivity index (χ3n) is 3.42. The number of rotatable bonds is 5. The van der Waals surface area contributed by atoms with Gasteiger partial charge in [0.15, 0.2) is 0 Å². The van der Waals surface area contributed by atoms with E-state index in [1.807, 2.05) is 19.1 Å². The summed E-state index contributed by atoms with van der Waals surface area (Å²) in [7, 11) is 0. The highest BCUT2D eigenvalue weighted by atomic mass is 35.5. The molecule has 8 heteroatoms. The van der Waals surface area contributed by atoms with Gasteiger partial charge < -0.3 is 9.73 Å². The minimum Gasteiger partial charge on any atom is -0.411 e. The molecule has 2 aromatic heterocycles. The monoisotopic (exact) mass is 374 g/mol. The number of nitrogens with zero attached hydrogens (tertiary/aromatic N) is 3. The molecular formula is C17H15ClN4O2S. The third-order valence-corrected chi connectivity index (χ3v) is 4.59. The average Bonchev–Trinajstić information content (AvgIpc) is 3.07. The lowest BCUT2D eigenvalue weighted by molar-refractivity contribution is -0.115. The first-order valence-electron chi connectivity index (χ1n) is 7.50. The zero-order chi connectivity index (χ0) is 17.8. The smallest absolute Gasteiger partial charge is 0.277 e. The number of hydrogen-bond acceptors (Lipinski definition) is 6. The van der Waals surface area contributed by atoms with Gasteiger partial charge >= 0.3 is 0 Å². The van der Waals surface area contributed by atoms with E-state index in [0.29, 0.717) is 21.8 Å². The lowest BCUT2D eigenvalue weighted by Gasteiger charge is -2.12. The quantitative estimate of drug-likeness (QED) is 0.673. The second-order valence-corrected chi connectivity index (χ2v) is 7.05. The Balaban J connectivity index is 1.66. The van der Waals surface area contributed by atoms with Crippen LogP contribution in [-0.4, -0.2) is 26.3 Å². The highest BCUT2D eigenvalue weighted by Gasteiger charge is 2.19. The molecule has 1 aromatic carbocycles. The highest BCUT2D eigenvalue weighted by Crippen LogP contribution is 2.27. The Labute approximate surface area is 154 Å². The van der Waals surface area contributed by atoms with Crippen molar-refractivity contribution in [3.63, 3.8) is 0 Å². The third kappa shape index (κ3) is 4.37. The molecule has 1 amide bonds. The van der Waals surface area contributed by atoms with Crippen LogP contribution in [0.15, 0.2) is 52.4 Å². The molecule has 0 fully saturated rings. The van der Waals surface area contributed by atoms with Gasteiger partial charge in [0.2, 0.25) is 11.8 Å². The summed E-state index contributed by atoms with van der Waals surface area (Å²) in [5.74, 6) is 0.199. The molecule has 25 heavy (non-hydrogen) atoms. The van der Waals surface area contributed by atoms with E-state index in [9.17, 15) is 4.79 Å². The fourth-order valence-corrected chi connectivity index (χ4v) is 2.89. The number of aromatic nitrogens is 3. The summed E-state index contributed by atoms with van der Waals surface area (Å²) in [5.41, 5.74) is 2.35. The first-order chi connectivity index (χ1) is 12.0. The number of carbonyl (C=O) groups excluding carboxylic acids is 1. The Hall–Kier alpha value is -2.38. The number of amides is 1. The van der Waals surface area contributed by atoms with E-state index in [2.05, 4.69) is 20.5 Å². The normalized spacial score (nSPS) is 12.0. The van der Waals surface area contributed by atoms with Crippen molar-refractivity contribution in [1.29, 1.82) is 0 Å². The predicted molar refractivity (Wildman–Crippen MR) is 97.7 cm³/mol. The maximum atomic E-state index is 12.4. The highest BCUT2D eigenvalue weighted by molar-refractivity contribution is 8.00. The molecule has 3 aromatic rings. The van der Waals surface area contributed by atoms with Crippen molar-refractivity contribution >= 4 is 35.0 Å². The van der Waals surface area contributed by atoms with Crippen LogP contribution in [0.5, 0.6) is 0 Å². The number of anilines is 1. The summed E-state index contributed by atoms with van der Waals surface area (Å²) in [6.07, 6.45) is 3.31. The number of nitrogens with one attached hydrogen (secondary N) is 1. The van der Waals surface area contributed by atoms with E-state index >= 15 is 0 Å². The molecule has 0 saturated carbocycles. The summed E-state index contributed by atoms with van der Waals surface area (Å²) < 4.78 is 5.58. The molecule has 1 atom stereocenters. The van der Waals surface area contributed by atoms with E-state index in [-0.39, 0.29) is 5.91 Å². The van der Waals surface area contributed by atoms with Gasteiger partial charge in [-0.1, -0.05) is 29.4 Å². The summed E-state index contributed by atoms with van der Waals surface area (Å²) in [5, 5.41) is 11.3. The van der Waals surface area contributed by atoms with Crippen molar-refractivity contribution in [2.75, 3.05) is 5.32 Å². The SMILES string of the molecule is Cc1ccc(Cl)cc1NC(=O)[C@@H](C)Sc1nnc(-c2cccnc2)o1. The number of pyridine rings is 1. The Morgan fingerprint density at radius 3 is 2.92 bits per heavy atom. The molecule has 0 radical (unpaired) electrons. The lowest BCUT2D eigenvalue weighted by atomic mass is 10.2. The number of hydrogen-bond donors (Lipinski definition) is 1. The fraction of sp³-hybridized carbons (Fsp3) is 0.176. The van der Waals surface area contributed by atoms with Crippen molar-refractivity contribution in [3.8, 4) is 11.5 Å². The van der Waals surface area contributed by atoms with E-state index in [0.717, 1.165) is 11.1 Å². The Kier molecular flexibility index (Phi) is 5.35. The van der Waals surface area contributed by atoms with Crippen LogP contribution in [-0.2, 0) is 4.79 Å². The van der Waals surface area contributed by atoms with Gasteiger partial charge in [-0.2, -0.15) is 0 Å². The molecule has 0 aliphatic rings. The largest absolute Gasteiger partial charge is 0.411 e. The zero-order valence-corrected chi connectivity index (χ0v) is 15.1. The predicted octanol–water partition coefficient (Wildman–Crippen LogP) is 4.21. The molecule has 0 spiro atoms. The number of aryl methyl sites for hydroxylation is 1. The molecule has 0 bridgehead atoms. The van der Waals surface area contributed by atoms with Gasteiger partial charge in [0.05, 0.1) is 10.8 Å². The molecule has 6 nitrogen and oxygen atoms in total. The van der Waals surface area contributed by atoms with Gasteiger partial charge in [-0.15, -0.1) is 10.2 Å². The number of halogens is 1. The van der Waals surface area contributed by atoms with Crippen LogP contribution in [0.4, 0.5) is 5.69 Å². The number of carbonyl (C=O) groups is 1. The van der Waals surface area contributed by atoms with Gasteiger partial charge in [-0.05, 0) is 43.7 Å². The van der Waals surface area contributed by atoms with Gasteiger partial charge in [-0.25, -0.2) is 0 Å². The van der Waals surface area contributed by atoms with Crippen molar-refractivity contribution in [2.45, 2.75) is 24.3 Å². The van der Waals surface area contributed by atoms with Crippen molar-refractivity contribution in [1.82, 2.24) is 15.2 Å². The Morgan fingerprint density at radius 2 is 2.16 bits per heavy atom. The van der Waals surface area contributed by atoms with Gasteiger partial charge in [0, 0.05) is 23.1 Å². The molecule has 1 N–H and O–H groups in total. The van der Waals surface area contributed by atoms with Crippen molar-refractivity contribution < 1.29 is 9.21 Å². The van der Waals surface area contributed by atoms with Crippen molar-refractivity contribution in [2.24, 2.45) is 0 Å². The number of benzene rings is 1. The first kappa shape index (κ1) is 17.4. The maximum Gasteiger partial charge on any atom is 0.277 e. The second-order valence-electron chi connectivity index (χ2n) is 5.32. The van der Waals surface area contributed by atoms with Gasteiger partial charge in [0.25, 0.3) is 5.22 Å². The molecule has 0 aliphatic heterocycles. The van der Waals surface area contributed by atoms with E-state index < -0.39 is 5.25 Å². The second kappa shape index (κ2) is 7.67. The van der Waals surface area contributed by atoms with Crippen LogP contribution in [0.3, 0.4) is 0 Å². The fourth-order valence-electron chi connectivity index (χ4n) is 2.03. The van der Waals surface area contributed by atoms with Gasteiger partial charge in [-0.3, -0.25) is 9.78 Å². The van der Waals surface area contributed by atoms with Crippen LogP contribution in [0.1, 0.15) is 12.5 Å². The molecule has 2 heterocycles. The summed E-state index contributed by atoms with van der Waals surface area (Å²) in [6, 6.07) is 8.97. The molecular weight excluding hydrogens is 360 g/mol. The maximum absolute atomic E-state index is 12.4. The molecule has 0 aliphatic carbocycles. The van der Waals surface area contributed by atoms with Crippen molar-refractivity contribution in [3.05, 3.63) is 53.3 Å². The van der Waals surface area contributed by atoms with E-state index in [1.54, 1.807) is 37.5 Å². The minimum atomic E-state index is -0.416. The Bertz CT molecular complexity index is 885. The molecule has 0 unspecified atom stereocenters. The van der Waals surface area contributed by atoms with Crippen LogP contribution >= 0.6 is 23.4 Å². The Morgan fingerprint density at radius 1 is 1.32 bits per heavy atom. The molecule has 128 valence electrons. The topological polar surface area (TPSA) is 80.9 Å². The molecule has 0 saturated heterocycles. The van der Waals surface area contributed by atoms with E-state index in [4.69, 9.17) is 16.0 Å². The average molecular weight is 375 g/mol. The van der Waals surface area contributed by atoms with Crippen LogP contribution in [0.25, 0.3) is 11.5 Å². The lowest BCUT2D eigenvalue weighted by Crippen LogP contribution is -2.22. The summed E-state index contributed by atoms with van der Waals surface area (Å²) >= 11 is 7.17. The van der Waals surface area contributed by atoms with Crippen LogP contribution in [0.2, 0.25) is 5.02 Å². The summed E-state index contributed by atoms with van der Waals surface area (Å²) in [4.78, 5) is 16.4. The van der Waals surface area contributed by atoms with E-state index in [1.165, 1.54) is 11.8 Å². The summed E-state index contributed by atoms with van der Waals surface area (Å²) in [6.45, 7) is 3.68. The molecule has 3 rings (SSSR count). The number of thioether (sulfide) groups is 1. The standard InChI is InChI=1S/C17H15ClN4O2S/c1-10-5-6-13(18)8-14(10)20-15(23)11(2)25-17-22-21-16(24-17)12-4-3-7-19-9-12/h3-9,11H,1-2H3,(H,20,23)/t11-/m1/s1.